The molecule has 2 rings (SSSR count). The van der Waals surface area contributed by atoms with Gasteiger partial charge in [-0.3, -0.25) is 10.1 Å². The monoisotopic (exact) mass is 438 g/mol. The van der Waals surface area contributed by atoms with Gasteiger partial charge in [0.05, 0.1) is 10.6 Å². The van der Waals surface area contributed by atoms with Crippen LogP contribution >= 0.6 is 27.5 Å². The zero-order valence-corrected chi connectivity index (χ0v) is 16.4. The van der Waals surface area contributed by atoms with Gasteiger partial charge in [-0.2, -0.15) is 0 Å². The van der Waals surface area contributed by atoms with Crippen LogP contribution in [-0.2, 0) is 9.53 Å². The lowest BCUT2D eigenvalue weighted by molar-refractivity contribution is -0.123. The highest BCUT2D eigenvalue weighted by Crippen LogP contribution is 2.21. The molecule has 3 amide bonds. The highest BCUT2D eigenvalue weighted by Gasteiger charge is 2.16. The standard InChI is InChI=1S/C18H16BrClN2O4/c1-10-3-6-15(11(2)7-10)21-18(25)22-16(23)9-26-17(24)13-8-12(19)4-5-14(13)20/h3-8H,9H2,1-2H3,(H2,21,22,23,25). The average Bonchev–Trinajstić information content (AvgIpc) is 2.57. The quantitative estimate of drug-likeness (QED) is 0.699. The lowest BCUT2D eigenvalue weighted by Gasteiger charge is -2.10. The van der Waals surface area contributed by atoms with Crippen LogP contribution in [0, 0.1) is 13.8 Å². The molecule has 0 aliphatic carbocycles. The molecule has 0 aromatic heterocycles. The largest absolute Gasteiger partial charge is 0.452 e. The highest BCUT2D eigenvalue weighted by atomic mass is 79.9. The van der Waals surface area contributed by atoms with Gasteiger partial charge in [0, 0.05) is 10.2 Å². The Morgan fingerprint density at radius 1 is 1.12 bits per heavy atom. The van der Waals surface area contributed by atoms with Crippen LogP contribution < -0.4 is 10.6 Å². The van der Waals surface area contributed by atoms with Crippen LogP contribution in [0.1, 0.15) is 21.5 Å². The van der Waals surface area contributed by atoms with Crippen molar-refractivity contribution in [3.8, 4) is 0 Å². The minimum absolute atomic E-state index is 0.119. The Balaban J connectivity index is 1.87. The number of amides is 3. The molecule has 0 aliphatic heterocycles. The number of hydrogen-bond donors (Lipinski definition) is 2. The van der Waals surface area contributed by atoms with Gasteiger partial charge in [0.2, 0.25) is 0 Å². The summed E-state index contributed by atoms with van der Waals surface area (Å²) in [5.74, 6) is -1.52. The Hall–Kier alpha value is -2.38. The highest BCUT2D eigenvalue weighted by molar-refractivity contribution is 9.10. The normalized spacial score (nSPS) is 10.2. The van der Waals surface area contributed by atoms with E-state index in [9.17, 15) is 14.4 Å². The summed E-state index contributed by atoms with van der Waals surface area (Å²) >= 11 is 9.14. The number of aryl methyl sites for hydroxylation is 2. The molecule has 6 nitrogen and oxygen atoms in total. The first-order chi connectivity index (χ1) is 12.3. The van der Waals surface area contributed by atoms with Crippen molar-refractivity contribution in [2.24, 2.45) is 0 Å². The van der Waals surface area contributed by atoms with Crippen LogP contribution in [0.3, 0.4) is 0 Å². The number of nitrogens with one attached hydrogen (secondary N) is 2. The van der Waals surface area contributed by atoms with Crippen molar-refractivity contribution in [1.29, 1.82) is 0 Å². The number of anilines is 1. The number of carbonyl (C=O) groups is 3. The van der Waals surface area contributed by atoms with Crippen molar-refractivity contribution in [2.75, 3.05) is 11.9 Å². The maximum absolute atomic E-state index is 12.0. The van der Waals surface area contributed by atoms with Gasteiger partial charge in [-0.05, 0) is 43.7 Å². The molecule has 8 heteroatoms. The minimum atomic E-state index is -0.763. The minimum Gasteiger partial charge on any atom is -0.452 e. The number of rotatable bonds is 4. The van der Waals surface area contributed by atoms with Crippen molar-refractivity contribution < 1.29 is 19.1 Å². The topological polar surface area (TPSA) is 84.5 Å². The van der Waals surface area contributed by atoms with E-state index in [2.05, 4.69) is 26.6 Å². The number of urea groups is 1. The van der Waals surface area contributed by atoms with E-state index < -0.39 is 24.5 Å². The van der Waals surface area contributed by atoms with Gasteiger partial charge in [0.15, 0.2) is 6.61 Å². The van der Waals surface area contributed by atoms with E-state index in [4.69, 9.17) is 16.3 Å². The lowest BCUT2D eigenvalue weighted by atomic mass is 10.1. The van der Waals surface area contributed by atoms with Gasteiger partial charge < -0.3 is 10.1 Å². The number of ether oxygens (including phenoxy) is 1. The number of hydrogen-bond acceptors (Lipinski definition) is 4. The van der Waals surface area contributed by atoms with Crippen molar-refractivity contribution in [1.82, 2.24) is 5.32 Å². The third kappa shape index (κ3) is 5.57. The zero-order valence-electron chi connectivity index (χ0n) is 14.1. The first kappa shape index (κ1) is 19.9. The Labute approximate surface area is 164 Å². The van der Waals surface area contributed by atoms with E-state index in [0.29, 0.717) is 10.2 Å². The summed E-state index contributed by atoms with van der Waals surface area (Å²) in [6.45, 7) is 3.17. The molecule has 0 unspecified atom stereocenters. The van der Waals surface area contributed by atoms with Gasteiger partial charge in [-0.25, -0.2) is 9.59 Å². The maximum atomic E-state index is 12.0. The Kier molecular flexibility index (Phi) is 6.76. The number of benzene rings is 2. The first-order valence-corrected chi connectivity index (χ1v) is 8.73. The van der Waals surface area contributed by atoms with Crippen LogP contribution in [0.15, 0.2) is 40.9 Å². The predicted octanol–water partition coefficient (Wildman–Crippen LogP) is 4.22. The lowest BCUT2D eigenvalue weighted by Crippen LogP contribution is -2.37. The van der Waals surface area contributed by atoms with Crippen molar-refractivity contribution in [3.05, 3.63) is 62.6 Å². The molecule has 136 valence electrons. The van der Waals surface area contributed by atoms with Gasteiger partial charge in [-0.15, -0.1) is 0 Å². The van der Waals surface area contributed by atoms with E-state index >= 15 is 0 Å². The second-order valence-corrected chi connectivity index (χ2v) is 6.84. The molecule has 0 radical (unpaired) electrons. The molecule has 0 atom stereocenters. The number of halogens is 2. The molecule has 0 bridgehead atoms. The van der Waals surface area contributed by atoms with Crippen LogP contribution in [0.25, 0.3) is 0 Å². The predicted molar refractivity (Wildman–Crippen MR) is 103 cm³/mol. The third-order valence-corrected chi connectivity index (χ3v) is 4.19. The fourth-order valence-electron chi connectivity index (χ4n) is 2.13. The molecule has 26 heavy (non-hydrogen) atoms. The summed E-state index contributed by atoms with van der Waals surface area (Å²) in [4.78, 5) is 35.6. The summed E-state index contributed by atoms with van der Waals surface area (Å²) < 4.78 is 5.52. The molecule has 0 fully saturated rings. The van der Waals surface area contributed by atoms with Crippen LogP contribution in [0.4, 0.5) is 10.5 Å². The van der Waals surface area contributed by atoms with E-state index in [1.807, 2.05) is 26.0 Å². The average molecular weight is 440 g/mol. The van der Waals surface area contributed by atoms with Crippen molar-refractivity contribution in [3.63, 3.8) is 0 Å². The van der Waals surface area contributed by atoms with Gasteiger partial charge in [0.1, 0.15) is 0 Å². The summed E-state index contributed by atoms with van der Waals surface area (Å²) in [5.41, 5.74) is 2.62. The summed E-state index contributed by atoms with van der Waals surface area (Å²) in [6.07, 6.45) is 0. The molecule has 0 saturated heterocycles. The van der Waals surface area contributed by atoms with Crippen molar-refractivity contribution in [2.45, 2.75) is 13.8 Å². The molecule has 0 spiro atoms. The van der Waals surface area contributed by atoms with Crippen LogP contribution in [0.2, 0.25) is 5.02 Å². The third-order valence-electron chi connectivity index (χ3n) is 3.37. The van der Waals surface area contributed by atoms with Gasteiger partial charge >= 0.3 is 12.0 Å². The van der Waals surface area contributed by atoms with E-state index in [1.54, 1.807) is 12.1 Å². The maximum Gasteiger partial charge on any atom is 0.340 e. The fourth-order valence-corrected chi connectivity index (χ4v) is 2.69. The molecule has 2 aromatic rings. The smallest absolute Gasteiger partial charge is 0.340 e. The van der Waals surface area contributed by atoms with Gasteiger partial charge in [-0.1, -0.05) is 45.2 Å². The molecular weight excluding hydrogens is 424 g/mol. The molecule has 2 aromatic carbocycles. The SMILES string of the molecule is Cc1ccc(NC(=O)NC(=O)COC(=O)c2cc(Br)ccc2Cl)c(C)c1. The Morgan fingerprint density at radius 3 is 2.54 bits per heavy atom. The van der Waals surface area contributed by atoms with E-state index in [-0.39, 0.29) is 10.6 Å². The molecule has 0 aliphatic rings. The van der Waals surface area contributed by atoms with E-state index in [1.165, 1.54) is 12.1 Å². The summed E-state index contributed by atoms with van der Waals surface area (Å²) in [6, 6.07) is 9.45. The van der Waals surface area contributed by atoms with Crippen LogP contribution in [0.5, 0.6) is 0 Å². The number of esters is 1. The second kappa shape index (κ2) is 8.82. The molecular formula is C18H16BrClN2O4. The number of carbonyl (C=O) groups excluding carboxylic acids is 3. The van der Waals surface area contributed by atoms with Crippen LogP contribution in [-0.4, -0.2) is 24.5 Å². The van der Waals surface area contributed by atoms with E-state index in [0.717, 1.165) is 11.1 Å². The zero-order chi connectivity index (χ0) is 19.3. The fraction of sp³-hybridized carbons (Fsp3) is 0.167. The first-order valence-electron chi connectivity index (χ1n) is 7.56. The summed E-state index contributed by atoms with van der Waals surface area (Å²) in [5, 5.41) is 4.86. The second-order valence-electron chi connectivity index (χ2n) is 5.52. The molecule has 0 heterocycles. The molecule has 0 saturated carbocycles. The Bertz CT molecular complexity index is 870. The molecule has 2 N–H and O–H groups in total. The summed E-state index contributed by atoms with van der Waals surface area (Å²) in [7, 11) is 0. The number of imide groups is 1. The van der Waals surface area contributed by atoms with Gasteiger partial charge in [0.25, 0.3) is 5.91 Å². The Morgan fingerprint density at radius 2 is 1.85 bits per heavy atom. The van der Waals surface area contributed by atoms with Crippen molar-refractivity contribution >= 4 is 51.1 Å².